The first-order valence-electron chi connectivity index (χ1n) is 7.02. The number of nitrogens with zero attached hydrogens (tertiary/aromatic N) is 5. The van der Waals surface area contributed by atoms with Crippen molar-refractivity contribution in [3.63, 3.8) is 0 Å². The summed E-state index contributed by atoms with van der Waals surface area (Å²) in [5, 5.41) is 12.1. The van der Waals surface area contributed by atoms with Crippen LogP contribution in [0.15, 0.2) is 0 Å². The molecule has 2 fully saturated rings. The lowest BCUT2D eigenvalue weighted by molar-refractivity contribution is 0.0845. The molecule has 6 nitrogen and oxygen atoms in total. The van der Waals surface area contributed by atoms with Crippen molar-refractivity contribution >= 4 is 0 Å². The molecule has 3 rings (SSSR count). The van der Waals surface area contributed by atoms with Crippen LogP contribution in [0.2, 0.25) is 0 Å². The number of piperidine rings is 1. The van der Waals surface area contributed by atoms with Gasteiger partial charge >= 0.3 is 0 Å². The van der Waals surface area contributed by atoms with E-state index in [4.69, 9.17) is 5.73 Å². The molecule has 1 aromatic rings. The van der Waals surface area contributed by atoms with Crippen LogP contribution in [0.4, 0.5) is 0 Å². The van der Waals surface area contributed by atoms with Gasteiger partial charge in [-0.2, -0.15) is 0 Å². The maximum Gasteiger partial charge on any atom is 0.165 e. The highest BCUT2D eigenvalue weighted by Crippen LogP contribution is 2.35. The summed E-state index contributed by atoms with van der Waals surface area (Å²) >= 11 is 0. The molecule has 1 aliphatic carbocycles. The van der Waals surface area contributed by atoms with Crippen molar-refractivity contribution in [2.75, 3.05) is 6.54 Å². The first kappa shape index (κ1) is 12.0. The molecule has 1 aromatic heterocycles. The molecule has 18 heavy (non-hydrogen) atoms. The van der Waals surface area contributed by atoms with Crippen LogP contribution in [-0.2, 0) is 6.54 Å². The van der Waals surface area contributed by atoms with Gasteiger partial charge in [-0.1, -0.05) is 6.42 Å². The molecule has 2 aliphatic rings. The van der Waals surface area contributed by atoms with E-state index in [2.05, 4.69) is 27.3 Å². The molecular formula is C12H22N6. The molecule has 1 saturated heterocycles. The average molecular weight is 250 g/mol. The highest BCUT2D eigenvalue weighted by molar-refractivity contribution is 4.93. The van der Waals surface area contributed by atoms with E-state index < -0.39 is 0 Å². The lowest BCUT2D eigenvalue weighted by atomic mass is 9.96. The zero-order valence-electron chi connectivity index (χ0n) is 11.0. The highest BCUT2D eigenvalue weighted by atomic mass is 15.6. The number of hydrogen-bond acceptors (Lipinski definition) is 5. The van der Waals surface area contributed by atoms with Crippen LogP contribution in [0.3, 0.4) is 0 Å². The van der Waals surface area contributed by atoms with Crippen molar-refractivity contribution in [1.82, 2.24) is 25.1 Å². The number of nitrogens with two attached hydrogens (primary N) is 1. The van der Waals surface area contributed by atoms with Gasteiger partial charge in [0.05, 0.1) is 12.6 Å². The lowest BCUT2D eigenvalue weighted by Crippen LogP contribution is -2.48. The van der Waals surface area contributed by atoms with E-state index in [1.807, 2.05) is 4.68 Å². The van der Waals surface area contributed by atoms with Crippen molar-refractivity contribution < 1.29 is 0 Å². The minimum absolute atomic E-state index is 0.484. The van der Waals surface area contributed by atoms with Crippen LogP contribution in [0.25, 0.3) is 0 Å². The fourth-order valence-electron chi connectivity index (χ4n) is 2.96. The van der Waals surface area contributed by atoms with Crippen LogP contribution in [0, 0.1) is 0 Å². The number of aromatic nitrogens is 4. The van der Waals surface area contributed by atoms with Crippen molar-refractivity contribution in [1.29, 1.82) is 0 Å². The average Bonchev–Trinajstić information content (AvgIpc) is 3.12. The molecule has 6 heteroatoms. The molecule has 2 unspecified atom stereocenters. The van der Waals surface area contributed by atoms with Crippen LogP contribution >= 0.6 is 0 Å². The summed E-state index contributed by atoms with van der Waals surface area (Å²) in [7, 11) is 0. The first-order chi connectivity index (χ1) is 8.79. The van der Waals surface area contributed by atoms with Gasteiger partial charge in [0, 0.05) is 18.6 Å². The molecule has 0 bridgehead atoms. The maximum absolute atomic E-state index is 5.89. The molecule has 1 aliphatic heterocycles. The summed E-state index contributed by atoms with van der Waals surface area (Å²) in [6.07, 6.45) is 6.17. The van der Waals surface area contributed by atoms with Gasteiger partial charge in [0.1, 0.15) is 0 Å². The minimum atomic E-state index is 0.484. The molecular weight excluding hydrogens is 228 g/mol. The summed E-state index contributed by atoms with van der Waals surface area (Å²) in [5.74, 6) is 1.00. The van der Waals surface area contributed by atoms with Crippen molar-refractivity contribution in [2.24, 2.45) is 5.73 Å². The fourth-order valence-corrected chi connectivity index (χ4v) is 2.96. The van der Waals surface area contributed by atoms with E-state index >= 15 is 0 Å². The van der Waals surface area contributed by atoms with E-state index in [1.54, 1.807) is 0 Å². The van der Waals surface area contributed by atoms with Crippen molar-refractivity contribution in [3.8, 4) is 0 Å². The van der Waals surface area contributed by atoms with E-state index in [0.717, 1.165) is 18.9 Å². The third-order valence-corrected chi connectivity index (χ3v) is 4.24. The molecule has 0 spiro atoms. The molecule has 0 radical (unpaired) electrons. The normalized spacial score (nSPS) is 29.7. The fraction of sp³-hybridized carbons (Fsp3) is 0.917. The zero-order chi connectivity index (χ0) is 12.5. The second-order valence-electron chi connectivity index (χ2n) is 5.61. The summed E-state index contributed by atoms with van der Waals surface area (Å²) in [6, 6.07) is 1.61. The van der Waals surface area contributed by atoms with Gasteiger partial charge in [-0.3, -0.25) is 4.90 Å². The monoisotopic (exact) mass is 250 g/mol. The summed E-state index contributed by atoms with van der Waals surface area (Å²) in [5.41, 5.74) is 5.89. The second-order valence-corrected chi connectivity index (χ2v) is 5.61. The zero-order valence-corrected chi connectivity index (χ0v) is 11.0. The van der Waals surface area contributed by atoms with Crippen LogP contribution in [0.1, 0.15) is 50.9 Å². The minimum Gasteiger partial charge on any atom is -0.329 e. The predicted molar refractivity (Wildman–Crippen MR) is 67.8 cm³/mol. The Morgan fingerprint density at radius 1 is 1.28 bits per heavy atom. The first-order valence-corrected chi connectivity index (χ1v) is 7.02. The summed E-state index contributed by atoms with van der Waals surface area (Å²) in [4.78, 5) is 2.48. The van der Waals surface area contributed by atoms with Crippen LogP contribution in [0.5, 0.6) is 0 Å². The lowest BCUT2D eigenvalue weighted by Gasteiger charge is -2.39. The van der Waals surface area contributed by atoms with Crippen LogP contribution < -0.4 is 5.73 Å². The Morgan fingerprint density at radius 3 is 2.83 bits per heavy atom. The Morgan fingerprint density at radius 2 is 2.11 bits per heavy atom. The Balaban J connectivity index is 1.74. The van der Waals surface area contributed by atoms with Gasteiger partial charge in [-0.05, 0) is 43.0 Å². The highest BCUT2D eigenvalue weighted by Gasteiger charge is 2.31. The van der Waals surface area contributed by atoms with Gasteiger partial charge < -0.3 is 5.73 Å². The second kappa shape index (κ2) is 4.93. The quantitative estimate of drug-likeness (QED) is 0.852. The molecule has 2 N–H and O–H groups in total. The molecule has 1 saturated carbocycles. The predicted octanol–water partition coefficient (Wildman–Crippen LogP) is 0.710. The molecule has 0 amide bonds. The van der Waals surface area contributed by atoms with Crippen molar-refractivity contribution in [2.45, 2.75) is 63.7 Å². The molecule has 2 atom stereocenters. The molecule has 0 aromatic carbocycles. The van der Waals surface area contributed by atoms with E-state index in [9.17, 15) is 0 Å². The topological polar surface area (TPSA) is 72.9 Å². The number of hydrogen-bond donors (Lipinski definition) is 1. The Hall–Kier alpha value is -1.01. The third-order valence-electron chi connectivity index (χ3n) is 4.24. The SMILES string of the molecule is CC1CCCC(CN)N1Cc1nnnn1C1CC1. The van der Waals surface area contributed by atoms with E-state index in [0.29, 0.717) is 18.1 Å². The number of tetrazole rings is 1. The van der Waals surface area contributed by atoms with E-state index in [1.165, 1.54) is 32.1 Å². The summed E-state index contributed by atoms with van der Waals surface area (Å²) in [6.45, 7) is 3.86. The van der Waals surface area contributed by atoms with Gasteiger partial charge in [0.15, 0.2) is 5.82 Å². The smallest absolute Gasteiger partial charge is 0.165 e. The van der Waals surface area contributed by atoms with Crippen molar-refractivity contribution in [3.05, 3.63) is 5.82 Å². The Labute approximate surface area is 108 Å². The third kappa shape index (κ3) is 2.27. The molecule has 100 valence electrons. The summed E-state index contributed by atoms with van der Waals surface area (Å²) < 4.78 is 2.01. The number of likely N-dealkylation sites (tertiary alicyclic amines) is 1. The Bertz CT molecular complexity index is 399. The standard InChI is InChI=1S/C12H22N6/c1-9-3-2-4-11(7-13)17(9)8-12-14-15-16-18(12)10-5-6-10/h9-11H,2-8,13H2,1H3. The molecule has 2 heterocycles. The van der Waals surface area contributed by atoms with Gasteiger partial charge in [0.2, 0.25) is 0 Å². The van der Waals surface area contributed by atoms with Gasteiger partial charge in [0.25, 0.3) is 0 Å². The largest absolute Gasteiger partial charge is 0.329 e. The Kier molecular flexibility index (Phi) is 3.30. The number of rotatable bonds is 4. The van der Waals surface area contributed by atoms with Gasteiger partial charge in [-0.25, -0.2) is 4.68 Å². The van der Waals surface area contributed by atoms with Gasteiger partial charge in [-0.15, -0.1) is 5.10 Å². The maximum atomic E-state index is 5.89. The van der Waals surface area contributed by atoms with Crippen LogP contribution in [-0.4, -0.2) is 43.7 Å². The van der Waals surface area contributed by atoms with E-state index in [-0.39, 0.29) is 0 Å².